The lowest BCUT2D eigenvalue weighted by Gasteiger charge is -2.02. The van der Waals surface area contributed by atoms with E-state index in [9.17, 15) is 13.2 Å². The summed E-state index contributed by atoms with van der Waals surface area (Å²) in [5.41, 5.74) is -0.759. The minimum Gasteiger partial charge on any atom is -0.183 e. The Hall–Kier alpha value is -0.710. The molecule has 0 N–H and O–H groups in total. The molecule has 0 atom stereocenters. The topological polar surface area (TPSA) is 12.4 Å². The van der Waals surface area contributed by atoms with Gasteiger partial charge in [0.25, 0.3) is 0 Å². The molecule has 0 aromatic carbocycles. The van der Waals surface area contributed by atoms with Crippen molar-refractivity contribution in [2.75, 3.05) is 0 Å². The second-order valence-corrected chi connectivity index (χ2v) is 2.92. The maximum atomic E-state index is 12.1. The smallest absolute Gasteiger partial charge is 0.183 e. The summed E-state index contributed by atoms with van der Waals surface area (Å²) in [7, 11) is 0. The van der Waals surface area contributed by atoms with Gasteiger partial charge in [-0.15, -0.1) is 11.3 Å². The summed E-state index contributed by atoms with van der Waals surface area (Å²) in [6, 6.07) is 0.968. The van der Waals surface area contributed by atoms with Gasteiger partial charge in [-0.05, 0) is 23.7 Å². The molecule has 0 amide bonds. The fourth-order valence-corrected chi connectivity index (χ4v) is 1.54. The molecule has 1 heterocycles. The van der Waals surface area contributed by atoms with Gasteiger partial charge in [0.15, 0.2) is 0 Å². The van der Waals surface area contributed by atoms with E-state index in [1.807, 2.05) is 5.16 Å². The lowest BCUT2D eigenvalue weighted by molar-refractivity contribution is -0.136. The summed E-state index contributed by atoms with van der Waals surface area (Å²) in [6.45, 7) is 0. The van der Waals surface area contributed by atoms with Crippen molar-refractivity contribution in [2.45, 2.75) is 6.18 Å². The number of isothiocyanates is 1. The van der Waals surface area contributed by atoms with Crippen molar-refractivity contribution < 1.29 is 13.2 Å². The summed E-state index contributed by atoms with van der Waals surface area (Å²) in [5, 5.41) is 3.07. The molecule has 0 aliphatic rings. The highest BCUT2D eigenvalue weighted by molar-refractivity contribution is 7.78. The van der Waals surface area contributed by atoms with Crippen LogP contribution in [-0.2, 0) is 6.18 Å². The molecule has 0 radical (unpaired) electrons. The zero-order valence-corrected chi connectivity index (χ0v) is 7.19. The van der Waals surface area contributed by atoms with Gasteiger partial charge in [-0.1, -0.05) is 0 Å². The third-order valence-corrected chi connectivity index (χ3v) is 2.00. The van der Waals surface area contributed by atoms with Crippen LogP contribution in [0.15, 0.2) is 16.4 Å². The first-order valence-corrected chi connectivity index (χ1v) is 4.07. The second kappa shape index (κ2) is 3.35. The van der Waals surface area contributed by atoms with E-state index >= 15 is 0 Å². The van der Waals surface area contributed by atoms with Gasteiger partial charge >= 0.3 is 6.18 Å². The predicted molar refractivity (Wildman–Crippen MR) is 44.0 cm³/mol. The van der Waals surface area contributed by atoms with Crippen molar-refractivity contribution in [1.29, 1.82) is 0 Å². The molecule has 0 unspecified atom stereocenters. The van der Waals surface area contributed by atoms with Crippen molar-refractivity contribution in [2.24, 2.45) is 4.99 Å². The van der Waals surface area contributed by atoms with Crippen LogP contribution in [0.4, 0.5) is 18.2 Å². The number of rotatable bonds is 1. The second-order valence-electron chi connectivity index (χ2n) is 1.84. The third-order valence-electron chi connectivity index (χ3n) is 1.10. The van der Waals surface area contributed by atoms with E-state index in [1.54, 1.807) is 0 Å². The molecule has 0 aliphatic heterocycles. The molecule has 1 aromatic heterocycles. The van der Waals surface area contributed by atoms with E-state index in [2.05, 4.69) is 17.2 Å². The first-order valence-electron chi connectivity index (χ1n) is 2.78. The monoisotopic (exact) mass is 209 g/mol. The van der Waals surface area contributed by atoms with E-state index in [0.29, 0.717) is 0 Å². The van der Waals surface area contributed by atoms with Crippen LogP contribution in [0.3, 0.4) is 0 Å². The summed E-state index contributed by atoms with van der Waals surface area (Å²) in [5.74, 6) is 0. The Morgan fingerprint density at radius 1 is 1.50 bits per heavy atom. The molecule has 1 nitrogen and oxygen atoms in total. The lowest BCUT2D eigenvalue weighted by Crippen LogP contribution is -2.02. The van der Waals surface area contributed by atoms with E-state index < -0.39 is 11.7 Å². The van der Waals surface area contributed by atoms with Crippen LogP contribution in [0.25, 0.3) is 0 Å². The molecule has 0 saturated heterocycles. The maximum absolute atomic E-state index is 12.1. The highest BCUT2D eigenvalue weighted by Gasteiger charge is 2.34. The molecule has 0 saturated carbocycles. The van der Waals surface area contributed by atoms with Gasteiger partial charge in [-0.25, -0.2) is 0 Å². The summed E-state index contributed by atoms with van der Waals surface area (Å²) >= 11 is 5.09. The molecule has 12 heavy (non-hydrogen) atoms. The van der Waals surface area contributed by atoms with Crippen LogP contribution in [-0.4, -0.2) is 5.16 Å². The Morgan fingerprint density at radius 3 is 2.67 bits per heavy atom. The number of aliphatic imine (C=N–C) groups is 1. The van der Waals surface area contributed by atoms with Crippen molar-refractivity contribution in [3.05, 3.63) is 17.0 Å². The minimum absolute atomic E-state index is 0.141. The molecule has 0 bridgehead atoms. The first-order chi connectivity index (χ1) is 5.55. The number of thiophene rings is 1. The number of thiocarbonyl (C=S) groups is 1. The number of hydrogen-bond acceptors (Lipinski definition) is 3. The van der Waals surface area contributed by atoms with E-state index in [0.717, 1.165) is 17.4 Å². The Bertz CT molecular complexity index is 322. The van der Waals surface area contributed by atoms with Crippen molar-refractivity contribution in [3.8, 4) is 0 Å². The molecule has 6 heteroatoms. The molecule has 1 rings (SSSR count). The SMILES string of the molecule is FC(F)(F)c1ccsc1N=C=S. The quantitative estimate of drug-likeness (QED) is 0.509. The number of halogens is 3. The highest BCUT2D eigenvalue weighted by Crippen LogP contribution is 2.39. The van der Waals surface area contributed by atoms with Crippen LogP contribution in [0.2, 0.25) is 0 Å². The third kappa shape index (κ3) is 1.91. The molecular formula is C6H2F3NS2. The van der Waals surface area contributed by atoms with E-state index in [4.69, 9.17) is 0 Å². The Balaban J connectivity index is 3.16. The molecule has 0 fully saturated rings. The van der Waals surface area contributed by atoms with Gasteiger partial charge < -0.3 is 0 Å². The molecule has 0 spiro atoms. The Kier molecular flexibility index (Phi) is 2.62. The van der Waals surface area contributed by atoms with Crippen LogP contribution in [0, 0.1) is 0 Å². The Morgan fingerprint density at radius 2 is 2.17 bits per heavy atom. The van der Waals surface area contributed by atoms with Crippen LogP contribution >= 0.6 is 23.6 Å². The lowest BCUT2D eigenvalue weighted by atomic mass is 10.3. The standard InChI is InChI=1S/C6H2F3NS2/c7-6(8,9)4-1-2-12-5(4)10-3-11/h1-2H. The largest absolute Gasteiger partial charge is 0.419 e. The van der Waals surface area contributed by atoms with Crippen molar-refractivity contribution >= 4 is 33.7 Å². The highest BCUT2D eigenvalue weighted by atomic mass is 32.1. The predicted octanol–water partition coefficient (Wildman–Crippen LogP) is 3.50. The number of nitrogens with zero attached hydrogens (tertiary/aromatic N) is 1. The van der Waals surface area contributed by atoms with Crippen LogP contribution in [0.1, 0.15) is 5.56 Å². The molecule has 1 aromatic rings. The fraction of sp³-hybridized carbons (Fsp3) is 0.167. The normalized spacial score (nSPS) is 10.9. The summed E-state index contributed by atoms with van der Waals surface area (Å²) < 4.78 is 36.3. The minimum atomic E-state index is -4.36. The van der Waals surface area contributed by atoms with Gasteiger partial charge in [-0.2, -0.15) is 18.2 Å². The van der Waals surface area contributed by atoms with Gasteiger partial charge in [0, 0.05) is 0 Å². The van der Waals surface area contributed by atoms with E-state index in [1.165, 1.54) is 5.38 Å². The van der Waals surface area contributed by atoms with Crippen LogP contribution < -0.4 is 0 Å². The van der Waals surface area contributed by atoms with Gasteiger partial charge in [0.05, 0.1) is 10.7 Å². The zero-order chi connectivity index (χ0) is 9.19. The molecule has 0 aliphatic carbocycles. The van der Waals surface area contributed by atoms with Crippen molar-refractivity contribution in [3.63, 3.8) is 0 Å². The number of hydrogen-bond donors (Lipinski definition) is 0. The summed E-state index contributed by atoms with van der Waals surface area (Å²) in [6.07, 6.45) is -4.36. The zero-order valence-electron chi connectivity index (χ0n) is 5.55. The van der Waals surface area contributed by atoms with Gasteiger partial charge in [0.1, 0.15) is 5.00 Å². The molecular weight excluding hydrogens is 207 g/mol. The first kappa shape index (κ1) is 9.38. The Labute approximate surface area is 75.6 Å². The van der Waals surface area contributed by atoms with E-state index in [-0.39, 0.29) is 5.00 Å². The number of alkyl halides is 3. The van der Waals surface area contributed by atoms with Gasteiger partial charge in [-0.3, -0.25) is 0 Å². The maximum Gasteiger partial charge on any atom is 0.419 e. The average molecular weight is 209 g/mol. The summed E-state index contributed by atoms with van der Waals surface area (Å²) in [4.78, 5) is 3.30. The average Bonchev–Trinajstić information content (AvgIpc) is 2.34. The fourth-order valence-electron chi connectivity index (χ4n) is 0.645. The molecule has 64 valence electrons. The van der Waals surface area contributed by atoms with Crippen molar-refractivity contribution in [1.82, 2.24) is 0 Å². The van der Waals surface area contributed by atoms with Gasteiger partial charge in [0.2, 0.25) is 0 Å². The van der Waals surface area contributed by atoms with Crippen LogP contribution in [0.5, 0.6) is 0 Å².